The van der Waals surface area contributed by atoms with Gasteiger partial charge in [0.25, 0.3) is 5.91 Å². The molecule has 0 aromatic heterocycles. The molecule has 1 N–H and O–H groups in total. The van der Waals surface area contributed by atoms with Crippen molar-refractivity contribution < 1.29 is 18.4 Å². The lowest BCUT2D eigenvalue weighted by Gasteiger charge is -2.24. The van der Waals surface area contributed by atoms with Gasteiger partial charge >= 0.3 is 0 Å². The Morgan fingerprint density at radius 1 is 1.15 bits per heavy atom. The smallest absolute Gasteiger partial charge is 0.257 e. The predicted octanol–water partition coefficient (Wildman–Crippen LogP) is 1.81. The van der Waals surface area contributed by atoms with Crippen molar-refractivity contribution >= 4 is 11.8 Å². The zero-order valence-corrected chi connectivity index (χ0v) is 11.9. The number of carbonyl (C=O) groups is 2. The lowest BCUT2D eigenvalue weighted by atomic mass is 10.0. The van der Waals surface area contributed by atoms with Crippen molar-refractivity contribution in [2.75, 3.05) is 14.1 Å². The third-order valence-electron chi connectivity index (χ3n) is 2.85. The molecule has 0 heterocycles. The fourth-order valence-electron chi connectivity index (χ4n) is 1.72. The summed E-state index contributed by atoms with van der Waals surface area (Å²) in [5, 5.41) is 2.39. The van der Waals surface area contributed by atoms with E-state index in [0.717, 1.165) is 12.1 Å². The van der Waals surface area contributed by atoms with Crippen LogP contribution in [0.5, 0.6) is 0 Å². The molecule has 6 heteroatoms. The van der Waals surface area contributed by atoms with E-state index in [-0.39, 0.29) is 11.8 Å². The highest BCUT2D eigenvalue weighted by atomic mass is 19.1. The van der Waals surface area contributed by atoms with Crippen molar-refractivity contribution in [3.63, 3.8) is 0 Å². The van der Waals surface area contributed by atoms with Gasteiger partial charge in [-0.25, -0.2) is 8.78 Å². The molecule has 4 nitrogen and oxygen atoms in total. The first-order valence-electron chi connectivity index (χ1n) is 6.21. The van der Waals surface area contributed by atoms with Crippen LogP contribution in [0.2, 0.25) is 0 Å². The van der Waals surface area contributed by atoms with Crippen LogP contribution >= 0.6 is 0 Å². The van der Waals surface area contributed by atoms with Gasteiger partial charge in [0.05, 0.1) is 0 Å². The van der Waals surface area contributed by atoms with Crippen LogP contribution in [-0.2, 0) is 4.79 Å². The van der Waals surface area contributed by atoms with E-state index in [2.05, 4.69) is 5.32 Å². The first-order chi connectivity index (χ1) is 9.25. The average Bonchev–Trinajstić information content (AvgIpc) is 2.34. The van der Waals surface area contributed by atoms with Crippen molar-refractivity contribution in [3.05, 3.63) is 35.4 Å². The summed E-state index contributed by atoms with van der Waals surface area (Å²) < 4.78 is 27.0. The maximum absolute atomic E-state index is 13.5. The van der Waals surface area contributed by atoms with E-state index < -0.39 is 29.1 Å². The van der Waals surface area contributed by atoms with E-state index in [9.17, 15) is 18.4 Å². The second kappa shape index (κ2) is 6.45. The Bertz CT molecular complexity index is 496. The summed E-state index contributed by atoms with van der Waals surface area (Å²) in [5.41, 5.74) is -0.676. The van der Waals surface area contributed by atoms with E-state index in [4.69, 9.17) is 0 Å². The van der Waals surface area contributed by atoms with Crippen LogP contribution in [0.25, 0.3) is 0 Å². The van der Waals surface area contributed by atoms with Crippen LogP contribution in [0.15, 0.2) is 18.2 Å². The van der Waals surface area contributed by atoms with Crippen LogP contribution < -0.4 is 5.32 Å². The van der Waals surface area contributed by atoms with Crippen LogP contribution in [0.3, 0.4) is 0 Å². The third-order valence-corrected chi connectivity index (χ3v) is 2.85. The second-order valence-corrected chi connectivity index (χ2v) is 5.02. The summed E-state index contributed by atoms with van der Waals surface area (Å²) in [7, 11) is 3.10. The first kappa shape index (κ1) is 16.1. The van der Waals surface area contributed by atoms with Crippen molar-refractivity contribution in [1.82, 2.24) is 10.2 Å². The zero-order valence-electron chi connectivity index (χ0n) is 11.9. The Labute approximate surface area is 116 Å². The molecular formula is C14H18F2N2O2. The third kappa shape index (κ3) is 3.53. The normalized spacial score (nSPS) is 12.2. The number of benzene rings is 1. The molecule has 0 aliphatic heterocycles. The molecule has 110 valence electrons. The fraction of sp³-hybridized carbons (Fsp3) is 0.429. The van der Waals surface area contributed by atoms with E-state index in [1.807, 2.05) is 0 Å². The van der Waals surface area contributed by atoms with Crippen LogP contribution in [0.1, 0.15) is 24.2 Å². The van der Waals surface area contributed by atoms with Crippen LogP contribution in [0.4, 0.5) is 8.78 Å². The zero-order chi connectivity index (χ0) is 15.4. The molecule has 20 heavy (non-hydrogen) atoms. The number of rotatable bonds is 4. The van der Waals surface area contributed by atoms with Gasteiger partial charge in [0.15, 0.2) is 0 Å². The summed E-state index contributed by atoms with van der Waals surface area (Å²) in [6.45, 7) is 3.48. The number of carbonyl (C=O) groups excluding carboxylic acids is 2. The van der Waals surface area contributed by atoms with Crippen molar-refractivity contribution in [1.29, 1.82) is 0 Å². The summed E-state index contributed by atoms with van der Waals surface area (Å²) in [6.07, 6.45) is 0. The highest BCUT2D eigenvalue weighted by molar-refractivity contribution is 5.98. The highest BCUT2D eigenvalue weighted by Crippen LogP contribution is 2.13. The SMILES string of the molecule is CC(C)C(NC(=O)c1c(F)cccc1F)C(=O)N(C)C. The molecule has 0 saturated carbocycles. The van der Waals surface area contributed by atoms with E-state index in [1.165, 1.54) is 11.0 Å². The number of hydrogen-bond donors (Lipinski definition) is 1. The van der Waals surface area contributed by atoms with Crippen molar-refractivity contribution in [2.24, 2.45) is 5.92 Å². The monoisotopic (exact) mass is 284 g/mol. The molecule has 0 aliphatic carbocycles. The summed E-state index contributed by atoms with van der Waals surface area (Å²) in [6, 6.07) is 2.33. The Hall–Kier alpha value is -1.98. The molecule has 0 radical (unpaired) electrons. The number of likely N-dealkylation sites (N-methyl/N-ethyl adjacent to an activating group) is 1. The van der Waals surface area contributed by atoms with Crippen LogP contribution in [-0.4, -0.2) is 36.9 Å². The minimum absolute atomic E-state index is 0.205. The maximum atomic E-state index is 13.5. The molecule has 0 bridgehead atoms. The topological polar surface area (TPSA) is 49.4 Å². The minimum Gasteiger partial charge on any atom is -0.347 e. The van der Waals surface area contributed by atoms with Gasteiger partial charge in [-0.3, -0.25) is 9.59 Å². The molecule has 0 fully saturated rings. The quantitative estimate of drug-likeness (QED) is 0.916. The summed E-state index contributed by atoms with van der Waals surface area (Å²) in [5.74, 6) is -3.38. The van der Waals surface area contributed by atoms with Crippen LogP contribution in [0, 0.1) is 17.6 Å². The predicted molar refractivity (Wildman–Crippen MR) is 71.1 cm³/mol. The molecule has 0 saturated heterocycles. The lowest BCUT2D eigenvalue weighted by Crippen LogP contribution is -2.49. The fourth-order valence-corrected chi connectivity index (χ4v) is 1.72. The molecular weight excluding hydrogens is 266 g/mol. The molecule has 2 amide bonds. The standard InChI is InChI=1S/C14H18F2N2O2/c1-8(2)12(14(20)18(3)4)17-13(19)11-9(15)6-5-7-10(11)16/h5-8,12H,1-4H3,(H,17,19). The van der Waals surface area contributed by atoms with Crippen molar-refractivity contribution in [2.45, 2.75) is 19.9 Å². The molecule has 0 aliphatic rings. The molecule has 1 aromatic carbocycles. The molecule has 1 unspecified atom stereocenters. The number of amides is 2. The van der Waals surface area contributed by atoms with Gasteiger partial charge in [0.1, 0.15) is 23.2 Å². The Morgan fingerprint density at radius 3 is 2.05 bits per heavy atom. The van der Waals surface area contributed by atoms with Gasteiger partial charge in [-0.15, -0.1) is 0 Å². The van der Waals surface area contributed by atoms with Gasteiger partial charge in [-0.2, -0.15) is 0 Å². The minimum atomic E-state index is -0.956. The molecule has 1 aromatic rings. The Morgan fingerprint density at radius 2 is 1.65 bits per heavy atom. The van der Waals surface area contributed by atoms with Gasteiger partial charge < -0.3 is 10.2 Å². The van der Waals surface area contributed by atoms with Gasteiger partial charge in [0.2, 0.25) is 5.91 Å². The summed E-state index contributed by atoms with van der Waals surface area (Å²) >= 11 is 0. The number of nitrogens with zero attached hydrogens (tertiary/aromatic N) is 1. The Kier molecular flexibility index (Phi) is 5.19. The Balaban J connectivity index is 3.01. The van der Waals surface area contributed by atoms with Crippen molar-refractivity contribution in [3.8, 4) is 0 Å². The number of hydrogen-bond acceptors (Lipinski definition) is 2. The first-order valence-corrected chi connectivity index (χ1v) is 6.21. The summed E-state index contributed by atoms with van der Waals surface area (Å²) in [4.78, 5) is 25.2. The highest BCUT2D eigenvalue weighted by Gasteiger charge is 2.28. The molecule has 1 atom stereocenters. The van der Waals surface area contributed by atoms with E-state index >= 15 is 0 Å². The largest absolute Gasteiger partial charge is 0.347 e. The van der Waals surface area contributed by atoms with E-state index in [0.29, 0.717) is 0 Å². The second-order valence-electron chi connectivity index (χ2n) is 5.02. The lowest BCUT2D eigenvalue weighted by molar-refractivity contribution is -0.131. The molecule has 0 spiro atoms. The molecule has 1 rings (SSSR count). The number of halogens is 2. The average molecular weight is 284 g/mol. The maximum Gasteiger partial charge on any atom is 0.257 e. The van der Waals surface area contributed by atoms with Gasteiger partial charge in [-0.05, 0) is 18.1 Å². The van der Waals surface area contributed by atoms with Gasteiger partial charge in [-0.1, -0.05) is 19.9 Å². The van der Waals surface area contributed by atoms with E-state index in [1.54, 1.807) is 27.9 Å². The number of nitrogens with one attached hydrogen (secondary N) is 1. The van der Waals surface area contributed by atoms with Gasteiger partial charge in [0, 0.05) is 14.1 Å².